The van der Waals surface area contributed by atoms with Crippen LogP contribution < -0.4 is 10.6 Å². The highest BCUT2D eigenvalue weighted by Crippen LogP contribution is 2.48. The van der Waals surface area contributed by atoms with E-state index in [1.165, 1.54) is 18.4 Å². The molecule has 1 fully saturated rings. The molecule has 0 unspecified atom stereocenters. The molecular weight excluding hydrogens is 324 g/mol. The number of aromatic nitrogens is 3. The highest BCUT2D eigenvalue weighted by atomic mass is 15.3. The molecule has 1 heterocycles. The topological polar surface area (TPSA) is 67.1 Å². The molecule has 2 N–H and O–H groups in total. The minimum absolute atomic E-state index is 0.355. The number of guanidine groups is 1. The summed E-state index contributed by atoms with van der Waals surface area (Å²) in [5.74, 6) is 1.92. The lowest BCUT2D eigenvalue weighted by Crippen LogP contribution is -2.39. The SMILES string of the molecule is CCNC(=NCC1(Cc2ccccc2)CC1)NCCn1cnnc1CC. The van der Waals surface area contributed by atoms with Crippen molar-refractivity contribution < 1.29 is 0 Å². The highest BCUT2D eigenvalue weighted by molar-refractivity contribution is 5.79. The van der Waals surface area contributed by atoms with Crippen LogP contribution in [0.1, 0.15) is 38.1 Å². The van der Waals surface area contributed by atoms with E-state index in [9.17, 15) is 0 Å². The summed E-state index contributed by atoms with van der Waals surface area (Å²) in [7, 11) is 0. The third kappa shape index (κ3) is 5.07. The van der Waals surface area contributed by atoms with E-state index in [1.54, 1.807) is 6.33 Å². The van der Waals surface area contributed by atoms with Gasteiger partial charge in [-0.05, 0) is 37.2 Å². The van der Waals surface area contributed by atoms with E-state index in [0.29, 0.717) is 5.41 Å². The fourth-order valence-corrected chi connectivity index (χ4v) is 3.22. The number of nitrogens with zero attached hydrogens (tertiary/aromatic N) is 4. The number of hydrogen-bond acceptors (Lipinski definition) is 3. The third-order valence-corrected chi connectivity index (χ3v) is 4.95. The molecule has 6 heteroatoms. The zero-order chi connectivity index (χ0) is 18.2. The molecule has 0 amide bonds. The number of benzene rings is 1. The molecular formula is C20H30N6. The van der Waals surface area contributed by atoms with Crippen molar-refractivity contribution in [2.45, 2.75) is 46.1 Å². The van der Waals surface area contributed by atoms with Gasteiger partial charge in [0, 0.05) is 32.6 Å². The van der Waals surface area contributed by atoms with Gasteiger partial charge in [-0.2, -0.15) is 0 Å². The Balaban J connectivity index is 1.52. The Morgan fingerprint density at radius 3 is 2.69 bits per heavy atom. The predicted octanol–water partition coefficient (Wildman–Crippen LogP) is 2.42. The molecule has 1 saturated carbocycles. The molecule has 1 aromatic heterocycles. The van der Waals surface area contributed by atoms with Gasteiger partial charge in [0.25, 0.3) is 0 Å². The van der Waals surface area contributed by atoms with Crippen molar-refractivity contribution in [1.82, 2.24) is 25.4 Å². The standard InChI is InChI=1S/C20H30N6/c1-3-18-25-24-16-26(18)13-12-22-19(21-4-2)23-15-20(10-11-20)14-17-8-6-5-7-9-17/h5-9,16H,3-4,10-15H2,1-2H3,(H2,21,22,23). The van der Waals surface area contributed by atoms with Crippen LogP contribution in [0.3, 0.4) is 0 Å². The molecule has 0 bridgehead atoms. The van der Waals surface area contributed by atoms with E-state index >= 15 is 0 Å². The zero-order valence-corrected chi connectivity index (χ0v) is 15.9. The first-order chi connectivity index (χ1) is 12.7. The quantitative estimate of drug-likeness (QED) is 0.536. The van der Waals surface area contributed by atoms with Crippen LogP contribution >= 0.6 is 0 Å². The maximum Gasteiger partial charge on any atom is 0.191 e. The van der Waals surface area contributed by atoms with Crippen LogP contribution in [0.25, 0.3) is 0 Å². The fraction of sp³-hybridized carbons (Fsp3) is 0.550. The Labute approximate surface area is 156 Å². The van der Waals surface area contributed by atoms with Crippen molar-refractivity contribution in [1.29, 1.82) is 0 Å². The van der Waals surface area contributed by atoms with Gasteiger partial charge in [0.2, 0.25) is 0 Å². The lowest BCUT2D eigenvalue weighted by molar-refractivity contribution is 0.519. The van der Waals surface area contributed by atoms with Crippen LogP contribution in [-0.4, -0.2) is 40.4 Å². The first-order valence-corrected chi connectivity index (χ1v) is 9.67. The van der Waals surface area contributed by atoms with Crippen molar-refractivity contribution in [3.05, 3.63) is 48.0 Å². The molecule has 3 rings (SSSR count). The van der Waals surface area contributed by atoms with Crippen molar-refractivity contribution >= 4 is 5.96 Å². The van der Waals surface area contributed by atoms with E-state index in [-0.39, 0.29) is 0 Å². The molecule has 0 radical (unpaired) electrons. The molecule has 0 atom stereocenters. The van der Waals surface area contributed by atoms with Crippen LogP contribution in [0, 0.1) is 5.41 Å². The number of aryl methyl sites for hydroxylation is 1. The van der Waals surface area contributed by atoms with Gasteiger partial charge in [0.05, 0.1) is 0 Å². The molecule has 0 spiro atoms. The largest absolute Gasteiger partial charge is 0.357 e. The lowest BCUT2D eigenvalue weighted by atomic mass is 9.97. The van der Waals surface area contributed by atoms with Crippen molar-refractivity contribution in [2.75, 3.05) is 19.6 Å². The fourth-order valence-electron chi connectivity index (χ4n) is 3.22. The molecule has 2 aromatic rings. The second kappa shape index (κ2) is 8.83. The number of aliphatic imine (C=N–C) groups is 1. The number of hydrogen-bond donors (Lipinski definition) is 2. The van der Waals surface area contributed by atoms with Gasteiger partial charge in [-0.3, -0.25) is 4.99 Å². The van der Waals surface area contributed by atoms with Crippen LogP contribution in [0.4, 0.5) is 0 Å². The first-order valence-electron chi connectivity index (χ1n) is 9.67. The Hall–Kier alpha value is -2.37. The van der Waals surface area contributed by atoms with Gasteiger partial charge in [0.1, 0.15) is 12.2 Å². The van der Waals surface area contributed by atoms with Gasteiger partial charge in [-0.15, -0.1) is 10.2 Å². The van der Waals surface area contributed by atoms with Gasteiger partial charge in [0.15, 0.2) is 5.96 Å². The monoisotopic (exact) mass is 354 g/mol. The van der Waals surface area contributed by atoms with Gasteiger partial charge >= 0.3 is 0 Å². The summed E-state index contributed by atoms with van der Waals surface area (Å²) in [6.07, 6.45) is 6.35. The molecule has 26 heavy (non-hydrogen) atoms. The molecule has 1 aliphatic carbocycles. The maximum atomic E-state index is 4.86. The summed E-state index contributed by atoms with van der Waals surface area (Å²) >= 11 is 0. The Morgan fingerprint density at radius 1 is 1.19 bits per heavy atom. The van der Waals surface area contributed by atoms with Crippen molar-refractivity contribution in [2.24, 2.45) is 10.4 Å². The Bertz CT molecular complexity index is 702. The zero-order valence-electron chi connectivity index (χ0n) is 15.9. The van der Waals surface area contributed by atoms with Gasteiger partial charge in [-0.25, -0.2) is 0 Å². The summed E-state index contributed by atoms with van der Waals surface area (Å²) in [6.45, 7) is 7.59. The number of nitrogens with one attached hydrogen (secondary N) is 2. The van der Waals surface area contributed by atoms with E-state index < -0.39 is 0 Å². The highest BCUT2D eigenvalue weighted by Gasteiger charge is 2.42. The smallest absolute Gasteiger partial charge is 0.191 e. The van der Waals surface area contributed by atoms with Crippen LogP contribution in [0.5, 0.6) is 0 Å². The third-order valence-electron chi connectivity index (χ3n) is 4.95. The Morgan fingerprint density at radius 2 is 2.00 bits per heavy atom. The van der Waals surface area contributed by atoms with E-state index in [2.05, 4.69) is 69.6 Å². The Kier molecular flexibility index (Phi) is 6.26. The maximum absolute atomic E-state index is 4.86. The molecule has 1 aromatic carbocycles. The summed E-state index contributed by atoms with van der Waals surface area (Å²) in [6, 6.07) is 10.8. The van der Waals surface area contributed by atoms with Gasteiger partial charge in [-0.1, -0.05) is 37.3 Å². The predicted molar refractivity (Wildman–Crippen MR) is 105 cm³/mol. The average Bonchev–Trinajstić information content (AvgIpc) is 3.27. The van der Waals surface area contributed by atoms with Crippen LogP contribution in [0.15, 0.2) is 41.7 Å². The van der Waals surface area contributed by atoms with Crippen molar-refractivity contribution in [3.63, 3.8) is 0 Å². The first kappa shape index (κ1) is 18.4. The van der Waals surface area contributed by atoms with Gasteiger partial charge < -0.3 is 15.2 Å². The minimum atomic E-state index is 0.355. The second-order valence-electron chi connectivity index (χ2n) is 7.08. The lowest BCUT2D eigenvalue weighted by Gasteiger charge is -2.16. The molecule has 6 nitrogen and oxygen atoms in total. The average molecular weight is 355 g/mol. The molecule has 1 aliphatic rings. The van der Waals surface area contributed by atoms with E-state index in [0.717, 1.165) is 50.8 Å². The van der Waals surface area contributed by atoms with Crippen LogP contribution in [0.2, 0.25) is 0 Å². The summed E-state index contributed by atoms with van der Waals surface area (Å²) < 4.78 is 2.09. The summed E-state index contributed by atoms with van der Waals surface area (Å²) in [4.78, 5) is 4.86. The summed E-state index contributed by atoms with van der Waals surface area (Å²) in [5.41, 5.74) is 1.77. The minimum Gasteiger partial charge on any atom is -0.357 e. The molecule has 0 aliphatic heterocycles. The van der Waals surface area contributed by atoms with E-state index in [4.69, 9.17) is 4.99 Å². The van der Waals surface area contributed by atoms with Crippen molar-refractivity contribution in [3.8, 4) is 0 Å². The molecule has 0 saturated heterocycles. The number of rotatable bonds is 9. The van der Waals surface area contributed by atoms with Crippen LogP contribution in [-0.2, 0) is 19.4 Å². The summed E-state index contributed by atoms with van der Waals surface area (Å²) in [5, 5.41) is 14.9. The van der Waals surface area contributed by atoms with E-state index in [1.807, 2.05) is 0 Å². The second-order valence-corrected chi connectivity index (χ2v) is 7.08. The normalized spacial score (nSPS) is 15.7. The molecule has 140 valence electrons.